The summed E-state index contributed by atoms with van der Waals surface area (Å²) < 4.78 is 1.27. The largest absolute Gasteiger partial charge is 0.508 e. The highest BCUT2D eigenvalue weighted by Gasteiger charge is 2.07. The number of aryl methyl sites for hydroxylation is 1. The van der Waals surface area contributed by atoms with Gasteiger partial charge in [0.25, 0.3) is 5.56 Å². The number of nitrogens with one attached hydrogen (secondary N) is 1. The quantitative estimate of drug-likeness (QED) is 0.699. The lowest BCUT2D eigenvalue weighted by Crippen LogP contribution is -2.25. The van der Waals surface area contributed by atoms with Crippen molar-refractivity contribution >= 4 is 22.5 Å². The standard InChI is InChI=1S/C17H16N4O3/c22-13-9-7-12(8-10-13)18-16(23)6-3-11-21-17(24)14-4-1-2-5-15(14)19-20-21/h1-2,4-5,7-10,22H,3,6,11H2,(H,18,23). The molecule has 0 aliphatic heterocycles. The predicted molar refractivity (Wildman–Crippen MR) is 89.8 cm³/mol. The maximum absolute atomic E-state index is 12.3. The molecule has 0 saturated carbocycles. The number of benzene rings is 2. The van der Waals surface area contributed by atoms with E-state index >= 15 is 0 Å². The number of aromatic hydroxyl groups is 1. The Morgan fingerprint density at radius 2 is 1.88 bits per heavy atom. The number of hydrogen-bond acceptors (Lipinski definition) is 5. The molecule has 1 amide bonds. The molecule has 3 rings (SSSR count). The van der Waals surface area contributed by atoms with Crippen molar-refractivity contribution in [1.82, 2.24) is 15.0 Å². The molecule has 0 aliphatic carbocycles. The number of anilines is 1. The van der Waals surface area contributed by atoms with Gasteiger partial charge in [-0.2, -0.15) is 0 Å². The number of nitrogens with zero attached hydrogens (tertiary/aromatic N) is 3. The van der Waals surface area contributed by atoms with Gasteiger partial charge in [-0.05, 0) is 42.8 Å². The molecule has 2 N–H and O–H groups in total. The van der Waals surface area contributed by atoms with E-state index in [-0.39, 0.29) is 23.6 Å². The highest BCUT2D eigenvalue weighted by molar-refractivity contribution is 5.90. The molecular weight excluding hydrogens is 308 g/mol. The van der Waals surface area contributed by atoms with Crippen LogP contribution in [0, 0.1) is 0 Å². The van der Waals surface area contributed by atoms with Crippen LogP contribution in [-0.4, -0.2) is 26.0 Å². The van der Waals surface area contributed by atoms with Crippen LogP contribution in [0.5, 0.6) is 5.75 Å². The first-order valence-electron chi connectivity index (χ1n) is 7.55. The number of hydrogen-bond donors (Lipinski definition) is 2. The zero-order valence-electron chi connectivity index (χ0n) is 12.8. The second kappa shape index (κ2) is 6.91. The Morgan fingerprint density at radius 1 is 1.12 bits per heavy atom. The van der Waals surface area contributed by atoms with Gasteiger partial charge in [-0.1, -0.05) is 17.3 Å². The van der Waals surface area contributed by atoms with E-state index in [1.807, 2.05) is 0 Å². The van der Waals surface area contributed by atoms with Gasteiger partial charge in [0, 0.05) is 18.7 Å². The van der Waals surface area contributed by atoms with Gasteiger partial charge in [0.15, 0.2) is 0 Å². The third kappa shape index (κ3) is 3.57. The Labute approximate surface area is 137 Å². The van der Waals surface area contributed by atoms with E-state index in [0.717, 1.165) is 0 Å². The summed E-state index contributed by atoms with van der Waals surface area (Å²) in [6.07, 6.45) is 0.721. The summed E-state index contributed by atoms with van der Waals surface area (Å²) in [6.45, 7) is 0.319. The SMILES string of the molecule is O=C(CCCn1nnc2ccccc2c1=O)Nc1ccc(O)cc1. The zero-order chi connectivity index (χ0) is 16.9. The van der Waals surface area contributed by atoms with Gasteiger partial charge in [-0.15, -0.1) is 5.10 Å². The second-order valence-corrected chi connectivity index (χ2v) is 5.33. The van der Waals surface area contributed by atoms with Crippen LogP contribution in [0.3, 0.4) is 0 Å². The molecule has 3 aromatic rings. The maximum Gasteiger partial charge on any atom is 0.277 e. The molecule has 0 fully saturated rings. The molecule has 7 heteroatoms. The number of phenolic OH excluding ortho intramolecular Hbond substituents is 1. The number of rotatable bonds is 5. The number of carbonyl (C=O) groups excluding carboxylic acids is 1. The summed E-state index contributed by atoms with van der Waals surface area (Å²) in [4.78, 5) is 24.2. The lowest BCUT2D eigenvalue weighted by molar-refractivity contribution is -0.116. The molecule has 0 radical (unpaired) electrons. The van der Waals surface area contributed by atoms with Crippen LogP contribution >= 0.6 is 0 Å². The van der Waals surface area contributed by atoms with E-state index in [2.05, 4.69) is 15.6 Å². The fourth-order valence-electron chi connectivity index (χ4n) is 2.33. The fraction of sp³-hybridized carbons (Fsp3) is 0.176. The van der Waals surface area contributed by atoms with Crippen LogP contribution in [0.1, 0.15) is 12.8 Å². The Hall–Kier alpha value is -3.22. The van der Waals surface area contributed by atoms with Crippen molar-refractivity contribution < 1.29 is 9.90 Å². The third-order valence-electron chi connectivity index (χ3n) is 3.55. The predicted octanol–water partition coefficient (Wildman–Crippen LogP) is 1.92. The molecule has 1 heterocycles. The summed E-state index contributed by atoms with van der Waals surface area (Å²) >= 11 is 0. The van der Waals surface area contributed by atoms with Crippen molar-refractivity contribution in [1.29, 1.82) is 0 Å². The first-order chi connectivity index (χ1) is 11.6. The number of amides is 1. The second-order valence-electron chi connectivity index (χ2n) is 5.33. The molecule has 1 aromatic heterocycles. The molecule has 0 aliphatic rings. The van der Waals surface area contributed by atoms with Gasteiger partial charge in [0.1, 0.15) is 11.3 Å². The van der Waals surface area contributed by atoms with Crippen molar-refractivity contribution in [2.45, 2.75) is 19.4 Å². The molecule has 0 bridgehead atoms. The number of fused-ring (bicyclic) bond motifs is 1. The molecule has 0 atom stereocenters. The average molecular weight is 324 g/mol. The summed E-state index contributed by atoms with van der Waals surface area (Å²) in [5, 5.41) is 20.3. The normalized spacial score (nSPS) is 10.7. The van der Waals surface area contributed by atoms with Crippen molar-refractivity contribution in [3.63, 3.8) is 0 Å². The van der Waals surface area contributed by atoms with E-state index in [4.69, 9.17) is 0 Å². The van der Waals surface area contributed by atoms with Gasteiger partial charge in [0.2, 0.25) is 5.91 Å². The smallest absolute Gasteiger partial charge is 0.277 e. The monoisotopic (exact) mass is 324 g/mol. The van der Waals surface area contributed by atoms with Gasteiger partial charge < -0.3 is 10.4 Å². The van der Waals surface area contributed by atoms with Gasteiger partial charge >= 0.3 is 0 Å². The van der Waals surface area contributed by atoms with Crippen molar-refractivity contribution in [3.8, 4) is 5.75 Å². The molecule has 122 valence electrons. The van der Waals surface area contributed by atoms with E-state index in [9.17, 15) is 14.7 Å². The van der Waals surface area contributed by atoms with Crippen LogP contribution in [0.4, 0.5) is 5.69 Å². The van der Waals surface area contributed by atoms with Gasteiger partial charge in [0.05, 0.1) is 5.39 Å². The lowest BCUT2D eigenvalue weighted by Gasteiger charge is -2.06. The van der Waals surface area contributed by atoms with Crippen LogP contribution in [0.2, 0.25) is 0 Å². The summed E-state index contributed by atoms with van der Waals surface area (Å²) in [7, 11) is 0. The summed E-state index contributed by atoms with van der Waals surface area (Å²) in [6, 6.07) is 13.3. The van der Waals surface area contributed by atoms with Crippen LogP contribution < -0.4 is 10.9 Å². The summed E-state index contributed by atoms with van der Waals surface area (Å²) in [5.74, 6) is -0.0234. The highest BCUT2D eigenvalue weighted by atomic mass is 16.3. The van der Waals surface area contributed by atoms with Crippen LogP contribution in [0.25, 0.3) is 10.9 Å². The van der Waals surface area contributed by atoms with Gasteiger partial charge in [-0.25, -0.2) is 4.68 Å². The Bertz CT molecular complexity index is 919. The maximum atomic E-state index is 12.3. The third-order valence-corrected chi connectivity index (χ3v) is 3.55. The van der Waals surface area contributed by atoms with Crippen LogP contribution in [-0.2, 0) is 11.3 Å². The van der Waals surface area contributed by atoms with Crippen molar-refractivity contribution in [3.05, 3.63) is 58.9 Å². The van der Waals surface area contributed by atoms with Crippen molar-refractivity contribution in [2.75, 3.05) is 5.32 Å². The molecule has 0 spiro atoms. The zero-order valence-corrected chi connectivity index (χ0v) is 12.8. The van der Waals surface area contributed by atoms with Crippen molar-refractivity contribution in [2.24, 2.45) is 0 Å². The van der Waals surface area contributed by atoms with Gasteiger partial charge in [-0.3, -0.25) is 9.59 Å². The molecule has 0 saturated heterocycles. The summed E-state index contributed by atoms with van der Waals surface area (Å²) in [5.41, 5.74) is 0.962. The first-order valence-corrected chi connectivity index (χ1v) is 7.55. The van der Waals surface area contributed by atoms with E-state index in [0.29, 0.717) is 29.6 Å². The minimum absolute atomic E-state index is 0.141. The Kier molecular flexibility index (Phi) is 4.51. The fourth-order valence-corrected chi connectivity index (χ4v) is 2.33. The minimum Gasteiger partial charge on any atom is -0.508 e. The minimum atomic E-state index is -0.209. The number of phenols is 1. The number of aromatic nitrogens is 3. The Balaban J connectivity index is 1.58. The average Bonchev–Trinajstić information content (AvgIpc) is 2.59. The molecule has 2 aromatic carbocycles. The lowest BCUT2D eigenvalue weighted by atomic mass is 10.2. The van der Waals surface area contributed by atoms with Crippen LogP contribution in [0.15, 0.2) is 53.3 Å². The first kappa shape index (κ1) is 15.7. The van der Waals surface area contributed by atoms with E-state index in [1.165, 1.54) is 16.8 Å². The van der Waals surface area contributed by atoms with E-state index in [1.54, 1.807) is 36.4 Å². The molecular formula is C17H16N4O3. The Morgan fingerprint density at radius 3 is 2.67 bits per heavy atom. The molecule has 7 nitrogen and oxygen atoms in total. The highest BCUT2D eigenvalue weighted by Crippen LogP contribution is 2.14. The molecule has 0 unspecified atom stereocenters. The molecule has 24 heavy (non-hydrogen) atoms. The van der Waals surface area contributed by atoms with E-state index < -0.39 is 0 Å². The number of carbonyl (C=O) groups is 1. The topological polar surface area (TPSA) is 97.1 Å².